The molecule has 0 aliphatic carbocycles. The summed E-state index contributed by atoms with van der Waals surface area (Å²) in [6.45, 7) is 4.54. The fourth-order valence-electron chi connectivity index (χ4n) is 1.05. The van der Waals surface area contributed by atoms with Crippen LogP contribution in [0.2, 0.25) is 0 Å². The van der Waals surface area contributed by atoms with Gasteiger partial charge in [-0.3, -0.25) is 4.90 Å². The van der Waals surface area contributed by atoms with Crippen molar-refractivity contribution in [1.29, 1.82) is 5.26 Å². The van der Waals surface area contributed by atoms with Gasteiger partial charge in [0.2, 0.25) is 0 Å². The zero-order valence-electron chi connectivity index (χ0n) is 8.12. The van der Waals surface area contributed by atoms with Gasteiger partial charge >= 0.3 is 0 Å². The molecule has 0 radical (unpaired) electrons. The second-order valence-corrected chi connectivity index (χ2v) is 3.17. The van der Waals surface area contributed by atoms with E-state index < -0.39 is 0 Å². The van der Waals surface area contributed by atoms with E-state index in [1.807, 2.05) is 18.9 Å². The van der Waals surface area contributed by atoms with Crippen molar-refractivity contribution >= 4 is 0 Å². The summed E-state index contributed by atoms with van der Waals surface area (Å²) in [4.78, 5) is 1.98. The largest absolute Gasteiger partial charge is 0.393 e. The van der Waals surface area contributed by atoms with Crippen LogP contribution in [0.1, 0.15) is 26.7 Å². The van der Waals surface area contributed by atoms with Crippen molar-refractivity contribution in [2.45, 2.75) is 38.8 Å². The topological polar surface area (TPSA) is 47.3 Å². The summed E-state index contributed by atoms with van der Waals surface area (Å²) < 4.78 is 0. The van der Waals surface area contributed by atoms with Crippen LogP contribution >= 0.6 is 0 Å². The van der Waals surface area contributed by atoms with E-state index in [-0.39, 0.29) is 12.1 Å². The summed E-state index contributed by atoms with van der Waals surface area (Å²) in [6, 6.07) is 2.21. The van der Waals surface area contributed by atoms with Gasteiger partial charge in [-0.15, -0.1) is 0 Å². The first-order valence-corrected chi connectivity index (χ1v) is 4.39. The second-order valence-electron chi connectivity index (χ2n) is 3.17. The molecule has 3 heteroatoms. The lowest BCUT2D eigenvalue weighted by Gasteiger charge is -2.21. The number of hydrogen-bond acceptors (Lipinski definition) is 3. The summed E-state index contributed by atoms with van der Waals surface area (Å²) >= 11 is 0. The fraction of sp³-hybridized carbons (Fsp3) is 0.889. The molecule has 12 heavy (non-hydrogen) atoms. The van der Waals surface area contributed by atoms with Crippen LogP contribution in [0.4, 0.5) is 0 Å². The lowest BCUT2D eigenvalue weighted by molar-refractivity contribution is 0.157. The van der Waals surface area contributed by atoms with Crippen molar-refractivity contribution in [3.63, 3.8) is 0 Å². The SMILES string of the molecule is CCC(C#N)N(C)CCC(C)O. The summed E-state index contributed by atoms with van der Waals surface area (Å²) in [5.41, 5.74) is 0. The lowest BCUT2D eigenvalue weighted by Crippen LogP contribution is -2.32. The highest BCUT2D eigenvalue weighted by Crippen LogP contribution is 2.02. The fourth-order valence-corrected chi connectivity index (χ4v) is 1.05. The molecule has 0 aromatic rings. The van der Waals surface area contributed by atoms with Crippen LogP contribution in [0.25, 0.3) is 0 Å². The smallest absolute Gasteiger partial charge is 0.0972 e. The molecule has 0 bridgehead atoms. The highest BCUT2D eigenvalue weighted by atomic mass is 16.3. The average molecular weight is 170 g/mol. The molecule has 1 N–H and O–H groups in total. The molecule has 3 nitrogen and oxygen atoms in total. The molecule has 0 fully saturated rings. The van der Waals surface area contributed by atoms with E-state index in [1.54, 1.807) is 6.92 Å². The maximum absolute atomic E-state index is 9.02. The van der Waals surface area contributed by atoms with Gasteiger partial charge in [-0.2, -0.15) is 5.26 Å². The second kappa shape index (κ2) is 5.99. The number of nitriles is 1. The Hall–Kier alpha value is -0.590. The molecule has 0 amide bonds. The van der Waals surface area contributed by atoms with Gasteiger partial charge in [0.05, 0.1) is 18.2 Å². The van der Waals surface area contributed by atoms with Crippen molar-refractivity contribution in [2.24, 2.45) is 0 Å². The highest BCUT2D eigenvalue weighted by Gasteiger charge is 2.11. The Kier molecular flexibility index (Phi) is 5.69. The minimum atomic E-state index is -0.274. The molecule has 0 aliphatic rings. The van der Waals surface area contributed by atoms with E-state index in [0.29, 0.717) is 0 Å². The first-order chi connectivity index (χ1) is 5.61. The molecule has 0 rings (SSSR count). The Morgan fingerprint density at radius 2 is 2.17 bits per heavy atom. The molecule has 0 heterocycles. The third-order valence-electron chi connectivity index (χ3n) is 1.97. The number of nitrogens with zero attached hydrogens (tertiary/aromatic N) is 2. The normalized spacial score (nSPS) is 15.7. The maximum Gasteiger partial charge on any atom is 0.0972 e. The number of aliphatic hydroxyl groups is 1. The summed E-state index contributed by atoms with van der Waals surface area (Å²) in [5.74, 6) is 0. The Morgan fingerprint density at radius 3 is 2.50 bits per heavy atom. The molecule has 0 saturated carbocycles. The van der Waals surface area contributed by atoms with Gasteiger partial charge in [0.15, 0.2) is 0 Å². The zero-order chi connectivity index (χ0) is 9.56. The van der Waals surface area contributed by atoms with Crippen LogP contribution < -0.4 is 0 Å². The molecule has 0 spiro atoms. The molecule has 0 aliphatic heterocycles. The van der Waals surface area contributed by atoms with Crippen LogP contribution in [-0.4, -0.2) is 35.7 Å². The summed E-state index contributed by atoms with van der Waals surface area (Å²) in [5, 5.41) is 17.7. The first kappa shape index (κ1) is 11.4. The van der Waals surface area contributed by atoms with Crippen LogP contribution in [0.15, 0.2) is 0 Å². The number of rotatable bonds is 5. The van der Waals surface area contributed by atoms with Crippen molar-refractivity contribution in [1.82, 2.24) is 4.90 Å². The molecule has 0 aromatic carbocycles. The van der Waals surface area contributed by atoms with E-state index >= 15 is 0 Å². The van der Waals surface area contributed by atoms with Gasteiger partial charge in [-0.1, -0.05) is 6.92 Å². The first-order valence-electron chi connectivity index (χ1n) is 4.39. The Labute approximate surface area is 74.6 Å². The third-order valence-corrected chi connectivity index (χ3v) is 1.97. The van der Waals surface area contributed by atoms with Gasteiger partial charge in [-0.25, -0.2) is 0 Å². The van der Waals surface area contributed by atoms with Gasteiger partial charge in [0.1, 0.15) is 0 Å². The number of hydrogen-bond donors (Lipinski definition) is 1. The van der Waals surface area contributed by atoms with Crippen LogP contribution in [-0.2, 0) is 0 Å². The van der Waals surface area contributed by atoms with E-state index in [9.17, 15) is 0 Å². The Bertz CT molecular complexity index is 151. The van der Waals surface area contributed by atoms with Gasteiger partial charge < -0.3 is 5.11 Å². The summed E-state index contributed by atoms with van der Waals surface area (Å²) in [7, 11) is 1.92. The monoisotopic (exact) mass is 170 g/mol. The van der Waals surface area contributed by atoms with Crippen molar-refractivity contribution in [3.8, 4) is 6.07 Å². The predicted octanol–water partition coefficient (Wildman–Crippen LogP) is 0.991. The van der Waals surface area contributed by atoms with Gasteiger partial charge in [0.25, 0.3) is 0 Å². The molecule has 2 atom stereocenters. The Balaban J connectivity index is 3.70. The van der Waals surface area contributed by atoms with E-state index in [4.69, 9.17) is 10.4 Å². The maximum atomic E-state index is 9.02. The third kappa shape index (κ3) is 4.32. The van der Waals surface area contributed by atoms with Gasteiger partial charge in [-0.05, 0) is 26.8 Å². The predicted molar refractivity (Wildman–Crippen MR) is 48.6 cm³/mol. The van der Waals surface area contributed by atoms with Crippen molar-refractivity contribution in [2.75, 3.05) is 13.6 Å². The van der Waals surface area contributed by atoms with E-state index in [1.165, 1.54) is 0 Å². The standard InChI is InChI=1S/C9H18N2O/c1-4-9(7-10)11(3)6-5-8(2)12/h8-9,12H,4-6H2,1-3H3. The van der Waals surface area contributed by atoms with Crippen molar-refractivity contribution < 1.29 is 5.11 Å². The van der Waals surface area contributed by atoms with Crippen LogP contribution in [0.3, 0.4) is 0 Å². The molecular weight excluding hydrogens is 152 g/mol. The zero-order valence-corrected chi connectivity index (χ0v) is 8.12. The number of aliphatic hydroxyl groups excluding tert-OH is 1. The molecular formula is C9H18N2O. The molecule has 0 aromatic heterocycles. The van der Waals surface area contributed by atoms with Crippen molar-refractivity contribution in [3.05, 3.63) is 0 Å². The van der Waals surface area contributed by atoms with Crippen LogP contribution in [0, 0.1) is 11.3 Å². The van der Waals surface area contributed by atoms with E-state index in [0.717, 1.165) is 19.4 Å². The quantitative estimate of drug-likeness (QED) is 0.669. The van der Waals surface area contributed by atoms with Crippen LogP contribution in [0.5, 0.6) is 0 Å². The highest BCUT2D eigenvalue weighted by molar-refractivity contribution is 4.89. The minimum Gasteiger partial charge on any atom is -0.393 e. The lowest BCUT2D eigenvalue weighted by atomic mass is 10.2. The molecule has 0 saturated heterocycles. The Morgan fingerprint density at radius 1 is 1.58 bits per heavy atom. The van der Waals surface area contributed by atoms with Gasteiger partial charge in [0, 0.05) is 6.54 Å². The minimum absolute atomic E-state index is 0.0104. The van der Waals surface area contributed by atoms with E-state index in [2.05, 4.69) is 6.07 Å². The average Bonchev–Trinajstić information content (AvgIpc) is 2.03. The summed E-state index contributed by atoms with van der Waals surface area (Å²) in [6.07, 6.45) is 1.30. The molecule has 2 unspecified atom stereocenters. The molecule has 70 valence electrons.